The second-order valence-electron chi connectivity index (χ2n) is 5.75. The van der Waals surface area contributed by atoms with E-state index >= 15 is 0 Å². The summed E-state index contributed by atoms with van der Waals surface area (Å²) in [7, 11) is 0. The number of carbonyl (C=O) groups is 1. The van der Waals surface area contributed by atoms with E-state index in [0.29, 0.717) is 16.5 Å². The number of rotatable bonds is 4. The van der Waals surface area contributed by atoms with E-state index in [1.807, 2.05) is 53.4 Å². The van der Waals surface area contributed by atoms with Gasteiger partial charge < -0.3 is 5.11 Å². The molecule has 23 heavy (non-hydrogen) atoms. The molecule has 0 radical (unpaired) electrons. The lowest BCUT2D eigenvalue weighted by atomic mass is 9.96. The minimum Gasteiger partial charge on any atom is -0.480 e. The Hall–Kier alpha value is -1.55. The highest BCUT2D eigenvalue weighted by molar-refractivity contribution is 6.31. The van der Waals surface area contributed by atoms with E-state index in [1.54, 1.807) is 0 Å². The molecule has 1 aliphatic rings. The van der Waals surface area contributed by atoms with Gasteiger partial charge >= 0.3 is 5.97 Å². The smallest absolute Gasteiger partial charge is 0.320 e. The van der Waals surface area contributed by atoms with E-state index < -0.39 is 12.0 Å². The highest BCUT2D eigenvalue weighted by Gasteiger charge is 2.36. The summed E-state index contributed by atoms with van der Waals surface area (Å²) < 4.78 is 0. The topological polar surface area (TPSA) is 40.5 Å². The first kappa shape index (κ1) is 16.3. The van der Waals surface area contributed by atoms with Crippen molar-refractivity contribution in [1.29, 1.82) is 0 Å². The van der Waals surface area contributed by atoms with Crippen molar-refractivity contribution < 1.29 is 9.90 Å². The van der Waals surface area contributed by atoms with Crippen LogP contribution in [-0.4, -0.2) is 28.6 Å². The Labute approximate surface area is 145 Å². The monoisotopic (exact) mass is 349 g/mol. The minimum atomic E-state index is -0.781. The van der Waals surface area contributed by atoms with Crippen LogP contribution >= 0.6 is 23.2 Å². The lowest BCUT2D eigenvalue weighted by Gasteiger charge is -2.32. The maximum Gasteiger partial charge on any atom is 0.320 e. The predicted octanol–water partition coefficient (Wildman–Crippen LogP) is 4.63. The molecule has 0 aromatic heterocycles. The zero-order chi connectivity index (χ0) is 16.4. The lowest BCUT2D eigenvalue weighted by Crippen LogP contribution is -2.39. The summed E-state index contributed by atoms with van der Waals surface area (Å²) in [5, 5.41) is 10.8. The van der Waals surface area contributed by atoms with Crippen molar-refractivity contribution in [3.05, 3.63) is 69.7 Å². The van der Waals surface area contributed by atoms with E-state index in [0.717, 1.165) is 24.1 Å². The van der Waals surface area contributed by atoms with Crippen molar-refractivity contribution in [2.45, 2.75) is 24.9 Å². The van der Waals surface area contributed by atoms with Crippen molar-refractivity contribution in [2.24, 2.45) is 0 Å². The zero-order valence-electron chi connectivity index (χ0n) is 12.5. The van der Waals surface area contributed by atoms with Crippen molar-refractivity contribution in [2.75, 3.05) is 6.54 Å². The number of likely N-dealkylation sites (tertiary alicyclic amines) is 1. The van der Waals surface area contributed by atoms with Gasteiger partial charge in [-0.25, -0.2) is 0 Å². The fourth-order valence-corrected chi connectivity index (χ4v) is 3.69. The summed E-state index contributed by atoms with van der Waals surface area (Å²) in [5.74, 6) is -0.781. The molecule has 1 heterocycles. The second kappa shape index (κ2) is 6.91. The van der Waals surface area contributed by atoms with Crippen LogP contribution in [0.5, 0.6) is 0 Å². The SMILES string of the molecule is O=C(O)C1CCCN1C(c1cccc(Cl)c1)c1cccc(Cl)c1. The molecule has 120 valence electrons. The fraction of sp³-hybridized carbons (Fsp3) is 0.278. The zero-order valence-corrected chi connectivity index (χ0v) is 14.0. The van der Waals surface area contributed by atoms with Gasteiger partial charge in [0.15, 0.2) is 0 Å². The minimum absolute atomic E-state index is 0.170. The third kappa shape index (κ3) is 3.52. The number of nitrogens with zero attached hydrogens (tertiary/aromatic N) is 1. The number of halogens is 2. The maximum atomic E-state index is 11.6. The van der Waals surface area contributed by atoms with Crippen LogP contribution in [0.15, 0.2) is 48.5 Å². The van der Waals surface area contributed by atoms with Crippen LogP contribution in [0.2, 0.25) is 10.0 Å². The Kier molecular flexibility index (Phi) is 4.90. The van der Waals surface area contributed by atoms with Crippen LogP contribution in [0.3, 0.4) is 0 Å². The Morgan fingerprint density at radius 2 is 1.65 bits per heavy atom. The Morgan fingerprint density at radius 1 is 1.09 bits per heavy atom. The quantitative estimate of drug-likeness (QED) is 0.874. The molecule has 3 nitrogen and oxygen atoms in total. The largest absolute Gasteiger partial charge is 0.480 e. The van der Waals surface area contributed by atoms with Gasteiger partial charge in [0.1, 0.15) is 6.04 Å². The number of hydrogen-bond acceptors (Lipinski definition) is 2. The van der Waals surface area contributed by atoms with Crippen LogP contribution in [-0.2, 0) is 4.79 Å². The number of benzene rings is 2. The average molecular weight is 350 g/mol. The van der Waals surface area contributed by atoms with Crippen LogP contribution in [0.4, 0.5) is 0 Å². The summed E-state index contributed by atoms with van der Waals surface area (Å²) in [5.41, 5.74) is 1.96. The van der Waals surface area contributed by atoms with Crippen LogP contribution in [0.1, 0.15) is 30.0 Å². The molecule has 0 bridgehead atoms. The van der Waals surface area contributed by atoms with E-state index in [9.17, 15) is 9.90 Å². The highest BCUT2D eigenvalue weighted by Crippen LogP contribution is 2.36. The lowest BCUT2D eigenvalue weighted by molar-refractivity contribution is -0.142. The standard InChI is InChI=1S/C18H17Cl2NO2/c19-14-6-1-4-12(10-14)17(13-5-2-7-15(20)11-13)21-9-3-8-16(21)18(22)23/h1-2,4-7,10-11,16-17H,3,8-9H2,(H,22,23). The molecule has 0 amide bonds. The molecule has 5 heteroatoms. The van der Waals surface area contributed by atoms with Gasteiger partial charge in [0.25, 0.3) is 0 Å². The molecule has 0 saturated carbocycles. The Balaban J connectivity index is 2.08. The van der Waals surface area contributed by atoms with Crippen molar-refractivity contribution in [3.63, 3.8) is 0 Å². The Morgan fingerprint density at radius 3 is 2.13 bits per heavy atom. The molecule has 1 N–H and O–H groups in total. The summed E-state index contributed by atoms with van der Waals surface area (Å²) >= 11 is 12.3. The van der Waals surface area contributed by atoms with Crippen molar-refractivity contribution in [1.82, 2.24) is 4.90 Å². The molecule has 0 aliphatic carbocycles. The van der Waals surface area contributed by atoms with Gasteiger partial charge in [-0.05, 0) is 48.2 Å². The first-order chi connectivity index (χ1) is 11.1. The van der Waals surface area contributed by atoms with Crippen LogP contribution in [0, 0.1) is 0 Å². The first-order valence-electron chi connectivity index (χ1n) is 7.56. The molecular weight excluding hydrogens is 333 g/mol. The van der Waals surface area contributed by atoms with Crippen molar-refractivity contribution in [3.8, 4) is 0 Å². The van der Waals surface area contributed by atoms with Gasteiger partial charge in [0, 0.05) is 16.6 Å². The molecule has 1 fully saturated rings. The molecule has 1 aliphatic heterocycles. The van der Waals surface area contributed by atoms with E-state index in [2.05, 4.69) is 0 Å². The third-order valence-electron chi connectivity index (χ3n) is 4.24. The van der Waals surface area contributed by atoms with E-state index in [4.69, 9.17) is 23.2 Å². The number of aliphatic carboxylic acids is 1. The van der Waals surface area contributed by atoms with Gasteiger partial charge in [-0.15, -0.1) is 0 Å². The van der Waals surface area contributed by atoms with Gasteiger partial charge in [-0.3, -0.25) is 9.69 Å². The van der Waals surface area contributed by atoms with Gasteiger partial charge in [0.2, 0.25) is 0 Å². The summed E-state index contributed by atoms with van der Waals surface area (Å²) in [6.45, 7) is 0.737. The highest BCUT2D eigenvalue weighted by atomic mass is 35.5. The van der Waals surface area contributed by atoms with Crippen LogP contribution < -0.4 is 0 Å². The molecule has 1 saturated heterocycles. The average Bonchev–Trinajstić information content (AvgIpc) is 2.97. The third-order valence-corrected chi connectivity index (χ3v) is 4.71. The molecule has 1 unspecified atom stereocenters. The van der Waals surface area contributed by atoms with Crippen LogP contribution in [0.25, 0.3) is 0 Å². The first-order valence-corrected chi connectivity index (χ1v) is 8.31. The summed E-state index contributed by atoms with van der Waals surface area (Å²) in [6, 6.07) is 14.5. The number of hydrogen-bond donors (Lipinski definition) is 1. The van der Waals surface area contributed by atoms with E-state index in [1.165, 1.54) is 0 Å². The molecular formula is C18H17Cl2NO2. The molecule has 3 rings (SSSR count). The Bertz CT molecular complexity index is 674. The summed E-state index contributed by atoms with van der Waals surface area (Å²) in [6.07, 6.45) is 1.53. The normalized spacial score (nSPS) is 18.5. The molecule has 2 aromatic rings. The second-order valence-corrected chi connectivity index (χ2v) is 6.62. The van der Waals surface area contributed by atoms with Gasteiger partial charge in [-0.1, -0.05) is 47.5 Å². The number of carboxylic acids is 1. The summed E-state index contributed by atoms with van der Waals surface area (Å²) in [4.78, 5) is 13.6. The molecule has 0 spiro atoms. The molecule has 1 atom stereocenters. The van der Waals surface area contributed by atoms with Gasteiger partial charge in [0.05, 0.1) is 6.04 Å². The maximum absolute atomic E-state index is 11.6. The predicted molar refractivity (Wildman–Crippen MR) is 92.1 cm³/mol. The fourth-order valence-electron chi connectivity index (χ4n) is 3.29. The molecule has 2 aromatic carbocycles. The van der Waals surface area contributed by atoms with Crippen molar-refractivity contribution >= 4 is 29.2 Å². The van der Waals surface area contributed by atoms with E-state index in [-0.39, 0.29) is 6.04 Å². The van der Waals surface area contributed by atoms with Gasteiger partial charge in [-0.2, -0.15) is 0 Å². The number of carboxylic acid groups (broad SMARTS) is 1.